The van der Waals surface area contributed by atoms with Gasteiger partial charge in [0, 0.05) is 5.56 Å². The number of hydrogen-bond acceptors (Lipinski definition) is 5. The van der Waals surface area contributed by atoms with Crippen LogP contribution in [0, 0.1) is 36.7 Å². The number of rotatable bonds is 7. The Bertz CT molecular complexity index is 1160. The first kappa shape index (κ1) is 22.0. The lowest BCUT2D eigenvalue weighted by molar-refractivity contribution is -0.386. The second kappa shape index (κ2) is 8.58. The number of aryl methyl sites for hydroxylation is 1. The third-order valence-corrected chi connectivity index (χ3v) is 4.81. The number of alkyl halides is 2. The Morgan fingerprint density at radius 2 is 1.84 bits per heavy atom. The van der Waals surface area contributed by atoms with Gasteiger partial charge in [-0.05, 0) is 26.8 Å². The molecular formula is C19H19F3N6O3. The van der Waals surface area contributed by atoms with Crippen molar-refractivity contribution in [1.82, 2.24) is 19.6 Å². The van der Waals surface area contributed by atoms with E-state index in [0.29, 0.717) is 22.6 Å². The van der Waals surface area contributed by atoms with Crippen LogP contribution in [0.3, 0.4) is 0 Å². The lowest BCUT2D eigenvalue weighted by atomic mass is 10.2. The van der Waals surface area contributed by atoms with Gasteiger partial charge >= 0.3 is 5.69 Å². The highest BCUT2D eigenvalue weighted by Gasteiger charge is 2.31. The van der Waals surface area contributed by atoms with Crippen LogP contribution in [0.5, 0.6) is 0 Å². The average Bonchev–Trinajstić information content (AvgIpc) is 3.15. The zero-order chi connectivity index (χ0) is 22.9. The standard InChI is InChI=1S/C19H19F3N6O3/c1-10-16(11(2)26(24-10)8-13-6-4-5-7-14(13)20)23-15(29)9-27-12(3)18(28(30)31)17(25-27)19(21)22/h4-7,19H,8-9H2,1-3H3,(H,23,29). The fraction of sp³-hybridized carbons (Fsp3) is 0.316. The van der Waals surface area contributed by atoms with Crippen molar-refractivity contribution in [2.75, 3.05) is 5.32 Å². The molecule has 0 aliphatic carbocycles. The monoisotopic (exact) mass is 436 g/mol. The number of aromatic nitrogens is 4. The topological polar surface area (TPSA) is 108 Å². The fourth-order valence-electron chi connectivity index (χ4n) is 3.22. The molecule has 31 heavy (non-hydrogen) atoms. The van der Waals surface area contributed by atoms with Gasteiger partial charge in [-0.15, -0.1) is 0 Å². The zero-order valence-corrected chi connectivity index (χ0v) is 16.9. The first-order valence-electron chi connectivity index (χ1n) is 9.17. The third-order valence-electron chi connectivity index (χ3n) is 4.81. The van der Waals surface area contributed by atoms with Crippen molar-refractivity contribution in [3.63, 3.8) is 0 Å². The van der Waals surface area contributed by atoms with Crippen molar-refractivity contribution in [2.45, 2.75) is 40.3 Å². The minimum atomic E-state index is -3.15. The van der Waals surface area contributed by atoms with Gasteiger partial charge in [0.25, 0.3) is 6.43 Å². The number of carbonyl (C=O) groups is 1. The number of nitrogens with zero attached hydrogens (tertiary/aromatic N) is 5. The average molecular weight is 436 g/mol. The molecule has 2 heterocycles. The number of amides is 1. The molecule has 164 valence electrons. The van der Waals surface area contributed by atoms with E-state index in [-0.39, 0.29) is 18.1 Å². The molecule has 3 aromatic rings. The lowest BCUT2D eigenvalue weighted by Gasteiger charge is -2.08. The maximum Gasteiger partial charge on any atom is 0.319 e. The van der Waals surface area contributed by atoms with Gasteiger partial charge in [0.1, 0.15) is 18.1 Å². The summed E-state index contributed by atoms with van der Waals surface area (Å²) in [5.41, 5.74) is -0.115. The Balaban J connectivity index is 1.80. The number of nitro groups is 1. The van der Waals surface area contributed by atoms with E-state index < -0.39 is 35.2 Å². The van der Waals surface area contributed by atoms with Crippen LogP contribution in [-0.4, -0.2) is 30.4 Å². The maximum atomic E-state index is 13.9. The van der Waals surface area contributed by atoms with Gasteiger partial charge in [0.05, 0.1) is 28.5 Å². The van der Waals surface area contributed by atoms with E-state index in [1.807, 2.05) is 0 Å². The van der Waals surface area contributed by atoms with Gasteiger partial charge in [0.15, 0.2) is 0 Å². The molecule has 1 N–H and O–H groups in total. The molecule has 1 amide bonds. The fourth-order valence-corrected chi connectivity index (χ4v) is 3.22. The number of hydrogen-bond donors (Lipinski definition) is 1. The van der Waals surface area contributed by atoms with Gasteiger partial charge in [0.2, 0.25) is 11.6 Å². The summed E-state index contributed by atoms with van der Waals surface area (Å²) in [6.07, 6.45) is -3.15. The first-order chi connectivity index (χ1) is 14.6. The normalized spacial score (nSPS) is 11.2. The summed E-state index contributed by atoms with van der Waals surface area (Å²) >= 11 is 0. The molecule has 3 rings (SSSR count). The predicted molar refractivity (Wildman–Crippen MR) is 104 cm³/mol. The lowest BCUT2D eigenvalue weighted by Crippen LogP contribution is -2.21. The van der Waals surface area contributed by atoms with Crippen molar-refractivity contribution < 1.29 is 22.9 Å². The molecule has 0 unspecified atom stereocenters. The van der Waals surface area contributed by atoms with Gasteiger partial charge in [-0.25, -0.2) is 13.2 Å². The first-order valence-corrected chi connectivity index (χ1v) is 9.17. The van der Waals surface area contributed by atoms with Crippen LogP contribution in [0.1, 0.15) is 34.8 Å². The number of anilines is 1. The van der Waals surface area contributed by atoms with Gasteiger partial charge in [-0.2, -0.15) is 10.2 Å². The molecule has 9 nitrogen and oxygen atoms in total. The molecule has 0 saturated heterocycles. The van der Waals surface area contributed by atoms with Crippen molar-refractivity contribution in [1.29, 1.82) is 0 Å². The molecular weight excluding hydrogens is 417 g/mol. The van der Waals surface area contributed by atoms with E-state index in [1.54, 1.807) is 32.0 Å². The molecule has 0 aliphatic heterocycles. The summed E-state index contributed by atoms with van der Waals surface area (Å²) in [7, 11) is 0. The van der Waals surface area contributed by atoms with Crippen LogP contribution in [0.4, 0.5) is 24.5 Å². The highest BCUT2D eigenvalue weighted by molar-refractivity contribution is 5.91. The summed E-state index contributed by atoms with van der Waals surface area (Å²) in [4.78, 5) is 22.6. The van der Waals surface area contributed by atoms with E-state index >= 15 is 0 Å². The molecule has 0 spiro atoms. The van der Waals surface area contributed by atoms with Crippen LogP contribution >= 0.6 is 0 Å². The van der Waals surface area contributed by atoms with Crippen LogP contribution in [0.25, 0.3) is 0 Å². The molecule has 0 radical (unpaired) electrons. The van der Waals surface area contributed by atoms with Crippen molar-refractivity contribution >= 4 is 17.3 Å². The van der Waals surface area contributed by atoms with Crippen molar-refractivity contribution in [3.8, 4) is 0 Å². The Morgan fingerprint density at radius 3 is 2.42 bits per heavy atom. The molecule has 12 heteroatoms. The highest BCUT2D eigenvalue weighted by Crippen LogP contribution is 2.31. The van der Waals surface area contributed by atoms with Crippen LogP contribution in [-0.2, 0) is 17.9 Å². The van der Waals surface area contributed by atoms with E-state index in [2.05, 4.69) is 15.5 Å². The van der Waals surface area contributed by atoms with Gasteiger partial charge in [-0.3, -0.25) is 24.3 Å². The molecule has 0 atom stereocenters. The second-order valence-electron chi connectivity index (χ2n) is 6.88. The van der Waals surface area contributed by atoms with Crippen molar-refractivity contribution in [3.05, 3.63) is 68.5 Å². The summed E-state index contributed by atoms with van der Waals surface area (Å²) in [6.45, 7) is 4.23. The highest BCUT2D eigenvalue weighted by atomic mass is 19.3. The predicted octanol–water partition coefficient (Wildman–Crippen LogP) is 3.68. The Kier molecular flexibility index (Phi) is 6.09. The van der Waals surface area contributed by atoms with Crippen LogP contribution in [0.2, 0.25) is 0 Å². The summed E-state index contributed by atoms with van der Waals surface area (Å²) in [5.74, 6) is -1.01. The molecule has 0 bridgehead atoms. The van der Waals surface area contributed by atoms with Crippen LogP contribution in [0.15, 0.2) is 24.3 Å². The third kappa shape index (κ3) is 4.42. The summed E-state index contributed by atoms with van der Waals surface area (Å²) in [6, 6.07) is 6.24. The molecule has 1 aromatic carbocycles. The zero-order valence-electron chi connectivity index (χ0n) is 16.9. The summed E-state index contributed by atoms with van der Waals surface area (Å²) in [5, 5.41) is 21.6. The second-order valence-corrected chi connectivity index (χ2v) is 6.88. The van der Waals surface area contributed by atoms with Gasteiger partial charge < -0.3 is 5.32 Å². The minimum Gasteiger partial charge on any atom is -0.321 e. The van der Waals surface area contributed by atoms with Crippen molar-refractivity contribution in [2.24, 2.45) is 0 Å². The Morgan fingerprint density at radius 1 is 1.16 bits per heavy atom. The smallest absolute Gasteiger partial charge is 0.319 e. The van der Waals surface area contributed by atoms with Gasteiger partial charge in [-0.1, -0.05) is 18.2 Å². The van der Waals surface area contributed by atoms with E-state index in [9.17, 15) is 28.1 Å². The maximum absolute atomic E-state index is 13.9. The van der Waals surface area contributed by atoms with Crippen LogP contribution < -0.4 is 5.32 Å². The summed E-state index contributed by atoms with van der Waals surface area (Å²) < 4.78 is 42.5. The van der Waals surface area contributed by atoms with E-state index in [4.69, 9.17) is 0 Å². The molecule has 0 fully saturated rings. The number of halogens is 3. The molecule has 0 saturated carbocycles. The van der Waals surface area contributed by atoms with E-state index in [1.165, 1.54) is 17.7 Å². The Labute approximate surface area is 174 Å². The quantitative estimate of drug-likeness (QED) is 0.449. The molecule has 0 aliphatic rings. The number of nitrogens with one attached hydrogen (secondary N) is 1. The number of benzene rings is 1. The minimum absolute atomic E-state index is 0.150. The SMILES string of the molecule is Cc1nn(Cc2ccccc2F)c(C)c1NC(=O)Cn1nc(C(F)F)c([N+](=O)[O-])c1C. The number of carbonyl (C=O) groups excluding carboxylic acids is 1. The molecule has 2 aromatic heterocycles. The largest absolute Gasteiger partial charge is 0.321 e. The van der Waals surface area contributed by atoms with E-state index in [0.717, 1.165) is 4.68 Å². The Hall–Kier alpha value is -3.70.